The van der Waals surface area contributed by atoms with Gasteiger partial charge in [-0.3, -0.25) is 4.79 Å². The maximum absolute atomic E-state index is 12.7. The van der Waals surface area contributed by atoms with Gasteiger partial charge >= 0.3 is 5.69 Å². The first-order chi connectivity index (χ1) is 14.0. The average molecular weight is 405 g/mol. The summed E-state index contributed by atoms with van der Waals surface area (Å²) in [6.07, 6.45) is 3.11. The van der Waals surface area contributed by atoms with Gasteiger partial charge in [-0.25, -0.2) is 18.9 Å². The van der Waals surface area contributed by atoms with Crippen molar-refractivity contribution in [2.75, 3.05) is 5.32 Å². The van der Waals surface area contributed by atoms with Crippen LogP contribution in [0.2, 0.25) is 0 Å². The van der Waals surface area contributed by atoms with E-state index in [-0.39, 0.29) is 18.1 Å². The predicted molar refractivity (Wildman–Crippen MR) is 112 cm³/mol. The van der Waals surface area contributed by atoms with E-state index < -0.39 is 0 Å². The standard InChI is InChI=1S/C21H19N5O2S/c1-14-10-15(2)12-16(11-14)23-18(27)13-26-21(28)25-9-8-22-20(19(25)24-26)29-17-6-4-3-5-7-17/h3-12H,13H2,1-2H3,(H,23,27). The van der Waals surface area contributed by atoms with E-state index in [1.165, 1.54) is 16.2 Å². The third-order valence-electron chi connectivity index (χ3n) is 4.23. The zero-order chi connectivity index (χ0) is 20.4. The molecule has 8 heteroatoms. The highest BCUT2D eigenvalue weighted by molar-refractivity contribution is 7.99. The van der Waals surface area contributed by atoms with Crippen LogP contribution in [0.25, 0.3) is 5.65 Å². The molecule has 2 heterocycles. The molecular weight excluding hydrogens is 386 g/mol. The molecule has 0 aliphatic carbocycles. The van der Waals surface area contributed by atoms with E-state index in [2.05, 4.69) is 15.4 Å². The van der Waals surface area contributed by atoms with Gasteiger partial charge in [0, 0.05) is 23.0 Å². The third-order valence-corrected chi connectivity index (χ3v) is 5.22. The van der Waals surface area contributed by atoms with Crippen LogP contribution in [0.15, 0.2) is 75.6 Å². The second-order valence-corrected chi connectivity index (χ2v) is 7.77. The first-order valence-electron chi connectivity index (χ1n) is 9.05. The molecule has 0 atom stereocenters. The van der Waals surface area contributed by atoms with Crippen molar-refractivity contribution in [2.45, 2.75) is 30.3 Å². The summed E-state index contributed by atoms with van der Waals surface area (Å²) in [5.41, 5.74) is 2.85. The van der Waals surface area contributed by atoms with Gasteiger partial charge in [-0.2, -0.15) is 0 Å². The van der Waals surface area contributed by atoms with E-state index in [1.807, 2.05) is 62.4 Å². The van der Waals surface area contributed by atoms with Gasteiger partial charge in [-0.1, -0.05) is 36.0 Å². The summed E-state index contributed by atoms with van der Waals surface area (Å²) in [6.45, 7) is 3.76. The molecule has 0 fully saturated rings. The summed E-state index contributed by atoms with van der Waals surface area (Å²) in [4.78, 5) is 30.5. The number of carbonyl (C=O) groups is 1. The fourth-order valence-electron chi connectivity index (χ4n) is 3.08. The van der Waals surface area contributed by atoms with Crippen molar-refractivity contribution in [2.24, 2.45) is 0 Å². The highest BCUT2D eigenvalue weighted by atomic mass is 32.2. The van der Waals surface area contributed by atoms with E-state index in [4.69, 9.17) is 0 Å². The number of amides is 1. The lowest BCUT2D eigenvalue weighted by molar-refractivity contribution is -0.117. The Bertz CT molecular complexity index is 1230. The maximum atomic E-state index is 12.7. The normalized spacial score (nSPS) is 11.0. The van der Waals surface area contributed by atoms with Crippen LogP contribution in [0, 0.1) is 13.8 Å². The van der Waals surface area contributed by atoms with Crippen molar-refractivity contribution in [3.05, 3.63) is 82.5 Å². The van der Waals surface area contributed by atoms with Gasteiger partial charge in [0.25, 0.3) is 0 Å². The number of aryl methyl sites for hydroxylation is 2. The number of fused-ring (bicyclic) bond motifs is 1. The highest BCUT2D eigenvalue weighted by Gasteiger charge is 2.15. The average Bonchev–Trinajstić information content (AvgIpc) is 2.98. The minimum atomic E-state index is -0.382. The quantitative estimate of drug-likeness (QED) is 0.551. The summed E-state index contributed by atoms with van der Waals surface area (Å²) < 4.78 is 2.56. The smallest absolute Gasteiger partial charge is 0.324 e. The number of anilines is 1. The van der Waals surface area contributed by atoms with E-state index in [9.17, 15) is 9.59 Å². The van der Waals surface area contributed by atoms with E-state index in [0.29, 0.717) is 16.4 Å². The van der Waals surface area contributed by atoms with Crippen LogP contribution in [0.1, 0.15) is 11.1 Å². The Morgan fingerprint density at radius 1 is 1.10 bits per heavy atom. The van der Waals surface area contributed by atoms with Crippen LogP contribution >= 0.6 is 11.8 Å². The highest BCUT2D eigenvalue weighted by Crippen LogP contribution is 2.27. The van der Waals surface area contributed by atoms with Crippen LogP contribution < -0.4 is 11.0 Å². The van der Waals surface area contributed by atoms with Crippen LogP contribution in [-0.4, -0.2) is 25.1 Å². The number of hydrogen-bond donors (Lipinski definition) is 1. The second-order valence-electron chi connectivity index (χ2n) is 6.71. The Hall–Kier alpha value is -3.39. The molecular formula is C21H19N5O2S. The molecule has 0 spiro atoms. The zero-order valence-corrected chi connectivity index (χ0v) is 16.8. The lowest BCUT2D eigenvalue weighted by Gasteiger charge is -2.07. The van der Waals surface area contributed by atoms with Crippen molar-refractivity contribution in [1.82, 2.24) is 19.2 Å². The molecule has 0 aliphatic rings. The molecule has 146 valence electrons. The number of hydrogen-bond acceptors (Lipinski definition) is 5. The summed E-state index contributed by atoms with van der Waals surface area (Å²) in [5, 5.41) is 7.78. The van der Waals surface area contributed by atoms with Crippen LogP contribution in [0.5, 0.6) is 0 Å². The molecule has 0 aliphatic heterocycles. The molecule has 2 aromatic heterocycles. The Morgan fingerprint density at radius 3 is 2.55 bits per heavy atom. The summed E-state index contributed by atoms with van der Waals surface area (Å²) in [6, 6.07) is 15.5. The zero-order valence-electron chi connectivity index (χ0n) is 16.0. The monoisotopic (exact) mass is 405 g/mol. The van der Waals surface area contributed by atoms with Crippen LogP contribution in [0.4, 0.5) is 5.69 Å². The molecule has 0 radical (unpaired) electrons. The fourth-order valence-corrected chi connectivity index (χ4v) is 3.94. The largest absolute Gasteiger partial charge is 0.350 e. The van der Waals surface area contributed by atoms with Crippen molar-refractivity contribution in [3.63, 3.8) is 0 Å². The first kappa shape index (κ1) is 18.9. The Morgan fingerprint density at radius 2 is 1.83 bits per heavy atom. The maximum Gasteiger partial charge on any atom is 0.350 e. The molecule has 1 N–H and O–H groups in total. The molecule has 1 amide bonds. The number of nitrogens with one attached hydrogen (secondary N) is 1. The van der Waals surface area contributed by atoms with Gasteiger partial charge < -0.3 is 5.32 Å². The van der Waals surface area contributed by atoms with Gasteiger partial charge in [-0.15, -0.1) is 5.10 Å². The molecule has 2 aromatic carbocycles. The predicted octanol–water partition coefficient (Wildman–Crippen LogP) is 3.30. The lowest BCUT2D eigenvalue weighted by Crippen LogP contribution is -2.28. The molecule has 29 heavy (non-hydrogen) atoms. The lowest BCUT2D eigenvalue weighted by atomic mass is 10.1. The number of benzene rings is 2. The Balaban J connectivity index is 1.59. The molecule has 0 saturated heterocycles. The van der Waals surface area contributed by atoms with E-state index in [1.54, 1.807) is 12.4 Å². The third kappa shape index (κ3) is 4.22. The molecule has 4 aromatic rings. The van der Waals surface area contributed by atoms with Gasteiger partial charge in [0.15, 0.2) is 5.65 Å². The number of carbonyl (C=O) groups excluding carboxylic acids is 1. The van der Waals surface area contributed by atoms with Crippen LogP contribution in [-0.2, 0) is 11.3 Å². The summed E-state index contributed by atoms with van der Waals surface area (Å²) in [7, 11) is 0. The van der Waals surface area contributed by atoms with E-state index >= 15 is 0 Å². The molecule has 7 nitrogen and oxygen atoms in total. The van der Waals surface area contributed by atoms with Crippen molar-refractivity contribution in [3.8, 4) is 0 Å². The SMILES string of the molecule is Cc1cc(C)cc(NC(=O)Cn2nc3c(Sc4ccccc4)nccn3c2=O)c1. The van der Waals surface area contributed by atoms with Crippen molar-refractivity contribution >= 4 is 29.0 Å². The minimum absolute atomic E-state index is 0.178. The molecule has 0 unspecified atom stereocenters. The topological polar surface area (TPSA) is 81.3 Å². The van der Waals surface area contributed by atoms with Crippen molar-refractivity contribution in [1.29, 1.82) is 0 Å². The van der Waals surface area contributed by atoms with Gasteiger partial charge in [0.05, 0.1) is 0 Å². The summed E-state index contributed by atoms with van der Waals surface area (Å²) in [5.74, 6) is -0.314. The fraction of sp³-hybridized carbons (Fsp3) is 0.143. The van der Waals surface area contributed by atoms with Crippen LogP contribution in [0.3, 0.4) is 0 Å². The van der Waals surface area contributed by atoms with Gasteiger partial charge in [0.1, 0.15) is 11.6 Å². The Labute approximate surface area is 171 Å². The van der Waals surface area contributed by atoms with Gasteiger partial charge in [-0.05, 0) is 49.2 Å². The first-order valence-corrected chi connectivity index (χ1v) is 9.86. The molecule has 4 rings (SSSR count). The van der Waals surface area contributed by atoms with E-state index in [0.717, 1.165) is 20.7 Å². The van der Waals surface area contributed by atoms with Gasteiger partial charge in [0.2, 0.25) is 5.91 Å². The minimum Gasteiger partial charge on any atom is -0.324 e. The van der Waals surface area contributed by atoms with Crippen molar-refractivity contribution < 1.29 is 4.79 Å². The molecule has 0 bridgehead atoms. The number of nitrogens with zero attached hydrogens (tertiary/aromatic N) is 4. The summed E-state index contributed by atoms with van der Waals surface area (Å²) >= 11 is 1.42. The second kappa shape index (κ2) is 7.92. The number of rotatable bonds is 5. The molecule has 0 saturated carbocycles. The number of aromatic nitrogens is 4. The Kier molecular flexibility index (Phi) is 5.18.